The number of ether oxygens (including phenoxy) is 2. The number of para-hydroxylation sites is 1. The SMILES string of the molecule is CC1Cc2c(OCc3ccc(-c4ccccc4)cn3)ccc3c2c(c(CCOc2ccccc2S(N)(=O)=O)n3Cc2ccc(Cl)cc2)S1. The second-order valence-electron chi connectivity index (χ2n) is 11.8. The van der Waals surface area contributed by atoms with Crippen molar-refractivity contribution in [3.05, 3.63) is 137 Å². The third-order valence-corrected chi connectivity index (χ3v) is 10.9. The molecule has 1 atom stereocenters. The first kappa shape index (κ1) is 32.3. The van der Waals surface area contributed by atoms with Gasteiger partial charge in [-0.15, -0.1) is 11.8 Å². The molecule has 0 bridgehead atoms. The van der Waals surface area contributed by atoms with E-state index in [0.717, 1.165) is 45.8 Å². The molecule has 0 aliphatic carbocycles. The maximum atomic E-state index is 12.2. The van der Waals surface area contributed by atoms with Crippen LogP contribution in [0.25, 0.3) is 22.0 Å². The normalized spacial score (nSPS) is 14.3. The summed E-state index contributed by atoms with van der Waals surface area (Å²) >= 11 is 8.07. The molecular formula is C38H34ClN3O4S2. The van der Waals surface area contributed by atoms with Crippen LogP contribution in [0.5, 0.6) is 11.5 Å². The topological polar surface area (TPSA) is 96.4 Å². The molecular weight excluding hydrogens is 662 g/mol. The molecule has 0 saturated carbocycles. The van der Waals surface area contributed by atoms with Gasteiger partial charge in [0.05, 0.1) is 17.8 Å². The summed E-state index contributed by atoms with van der Waals surface area (Å²) in [6.45, 7) is 3.51. The van der Waals surface area contributed by atoms with E-state index in [1.807, 2.05) is 66.5 Å². The number of halogens is 1. The van der Waals surface area contributed by atoms with Crippen molar-refractivity contribution >= 4 is 44.3 Å². The van der Waals surface area contributed by atoms with Gasteiger partial charge in [0.25, 0.3) is 0 Å². The highest BCUT2D eigenvalue weighted by atomic mass is 35.5. The van der Waals surface area contributed by atoms with E-state index in [2.05, 4.69) is 46.8 Å². The van der Waals surface area contributed by atoms with Gasteiger partial charge in [-0.1, -0.05) is 79.2 Å². The predicted octanol–water partition coefficient (Wildman–Crippen LogP) is 8.29. The minimum atomic E-state index is -3.93. The molecule has 3 heterocycles. The van der Waals surface area contributed by atoms with Crippen LogP contribution in [0.1, 0.15) is 29.4 Å². The summed E-state index contributed by atoms with van der Waals surface area (Å²) in [6.07, 6.45) is 3.32. The Labute approximate surface area is 289 Å². The molecule has 10 heteroatoms. The Hall–Kier alpha value is -4.28. The molecule has 1 aliphatic rings. The number of benzene rings is 4. The van der Waals surface area contributed by atoms with Crippen LogP contribution in [-0.4, -0.2) is 29.8 Å². The molecule has 0 spiro atoms. The molecule has 244 valence electrons. The van der Waals surface area contributed by atoms with Crippen molar-refractivity contribution in [2.75, 3.05) is 6.61 Å². The maximum absolute atomic E-state index is 12.2. The van der Waals surface area contributed by atoms with Crippen molar-refractivity contribution in [2.24, 2.45) is 5.14 Å². The number of hydrogen-bond donors (Lipinski definition) is 1. The lowest BCUT2D eigenvalue weighted by atomic mass is 10.0. The van der Waals surface area contributed by atoms with Crippen LogP contribution in [0.2, 0.25) is 5.02 Å². The van der Waals surface area contributed by atoms with Crippen molar-refractivity contribution in [3.8, 4) is 22.6 Å². The molecule has 0 amide bonds. The van der Waals surface area contributed by atoms with Crippen LogP contribution < -0.4 is 14.6 Å². The number of primary sulfonamides is 1. The summed E-state index contributed by atoms with van der Waals surface area (Å²) in [4.78, 5) is 5.86. The summed E-state index contributed by atoms with van der Waals surface area (Å²) in [6, 6.07) is 32.9. The molecule has 4 aromatic carbocycles. The van der Waals surface area contributed by atoms with Crippen LogP contribution in [0.15, 0.2) is 119 Å². The lowest BCUT2D eigenvalue weighted by Crippen LogP contribution is -2.15. The molecule has 0 fully saturated rings. The lowest BCUT2D eigenvalue weighted by Gasteiger charge is -2.22. The average molecular weight is 696 g/mol. The van der Waals surface area contributed by atoms with Crippen molar-refractivity contribution < 1.29 is 17.9 Å². The second kappa shape index (κ2) is 13.7. The highest BCUT2D eigenvalue weighted by Crippen LogP contribution is 2.47. The van der Waals surface area contributed by atoms with E-state index in [1.54, 1.807) is 18.2 Å². The number of aromatic nitrogens is 2. The van der Waals surface area contributed by atoms with Crippen LogP contribution in [0, 0.1) is 0 Å². The largest absolute Gasteiger partial charge is 0.492 e. The number of sulfonamides is 1. The summed E-state index contributed by atoms with van der Waals surface area (Å²) in [5.41, 5.74) is 7.61. The monoisotopic (exact) mass is 695 g/mol. The van der Waals surface area contributed by atoms with Crippen molar-refractivity contribution in [2.45, 2.75) is 48.0 Å². The van der Waals surface area contributed by atoms with Crippen LogP contribution >= 0.6 is 23.4 Å². The molecule has 0 saturated heterocycles. The molecule has 2 N–H and O–H groups in total. The van der Waals surface area contributed by atoms with Crippen molar-refractivity contribution in [1.29, 1.82) is 0 Å². The Bertz CT molecular complexity index is 2190. The number of rotatable bonds is 11. The predicted molar refractivity (Wildman–Crippen MR) is 193 cm³/mol. The fourth-order valence-corrected chi connectivity index (χ4v) is 8.38. The average Bonchev–Trinajstić information content (AvgIpc) is 3.38. The Morgan fingerprint density at radius 1 is 0.896 bits per heavy atom. The van der Waals surface area contributed by atoms with Crippen LogP contribution in [0.4, 0.5) is 0 Å². The standard InChI is InChI=1S/C38H34ClN3O4S2/c1-25-21-31-34(46-24-30-16-13-28(22-41-30)27-7-3-2-4-8-27)18-17-32-37(31)38(47-25)33(42(32)23-26-11-14-29(39)15-12-26)19-20-45-35-9-5-6-10-36(35)48(40,43)44/h2-18,22,25H,19-21,23-24H2,1H3,(H2,40,43,44). The van der Waals surface area contributed by atoms with E-state index in [-0.39, 0.29) is 17.3 Å². The molecule has 7 rings (SSSR count). The number of hydrogen-bond acceptors (Lipinski definition) is 6. The third-order valence-electron chi connectivity index (χ3n) is 8.48. The molecule has 6 aromatic rings. The van der Waals surface area contributed by atoms with Crippen LogP contribution in [-0.2, 0) is 36.0 Å². The molecule has 0 radical (unpaired) electrons. The van der Waals surface area contributed by atoms with Crippen molar-refractivity contribution in [3.63, 3.8) is 0 Å². The molecule has 48 heavy (non-hydrogen) atoms. The number of nitrogens with zero attached hydrogens (tertiary/aromatic N) is 2. The van der Waals surface area contributed by atoms with Gasteiger partial charge in [0, 0.05) is 56.5 Å². The van der Waals surface area contributed by atoms with E-state index < -0.39 is 10.0 Å². The van der Waals surface area contributed by atoms with Crippen molar-refractivity contribution in [1.82, 2.24) is 9.55 Å². The quantitative estimate of drug-likeness (QED) is 0.147. The minimum absolute atomic E-state index is 0.0238. The summed E-state index contributed by atoms with van der Waals surface area (Å²) in [5.74, 6) is 1.11. The van der Waals surface area contributed by atoms with E-state index in [0.29, 0.717) is 29.8 Å². The van der Waals surface area contributed by atoms with Gasteiger partial charge >= 0.3 is 0 Å². The number of thioether (sulfide) groups is 1. The van der Waals surface area contributed by atoms with Gasteiger partial charge in [0.15, 0.2) is 0 Å². The van der Waals surface area contributed by atoms with Gasteiger partial charge in [-0.25, -0.2) is 13.6 Å². The zero-order valence-electron chi connectivity index (χ0n) is 26.3. The number of nitrogens with two attached hydrogens (primary N) is 1. The number of pyridine rings is 1. The van der Waals surface area contributed by atoms with Gasteiger partial charge in [0.1, 0.15) is 23.0 Å². The zero-order chi connectivity index (χ0) is 33.3. The molecule has 7 nitrogen and oxygen atoms in total. The van der Waals surface area contributed by atoms with Crippen LogP contribution in [0.3, 0.4) is 0 Å². The van der Waals surface area contributed by atoms with E-state index in [1.165, 1.54) is 21.9 Å². The van der Waals surface area contributed by atoms with E-state index >= 15 is 0 Å². The summed E-state index contributed by atoms with van der Waals surface area (Å²) in [5, 5.41) is 7.67. The van der Waals surface area contributed by atoms with E-state index in [9.17, 15) is 8.42 Å². The van der Waals surface area contributed by atoms with E-state index in [4.69, 9.17) is 26.2 Å². The maximum Gasteiger partial charge on any atom is 0.241 e. The third kappa shape index (κ3) is 6.82. The van der Waals surface area contributed by atoms with Gasteiger partial charge in [-0.2, -0.15) is 0 Å². The smallest absolute Gasteiger partial charge is 0.241 e. The minimum Gasteiger partial charge on any atom is -0.492 e. The van der Waals surface area contributed by atoms with Gasteiger partial charge < -0.3 is 14.0 Å². The molecule has 2 aromatic heterocycles. The lowest BCUT2D eigenvalue weighted by molar-refractivity contribution is 0.298. The van der Waals surface area contributed by atoms with Gasteiger partial charge in [0.2, 0.25) is 10.0 Å². The summed E-state index contributed by atoms with van der Waals surface area (Å²) in [7, 11) is -3.93. The highest BCUT2D eigenvalue weighted by Gasteiger charge is 2.29. The summed E-state index contributed by atoms with van der Waals surface area (Å²) < 4.78 is 39.3. The second-order valence-corrected chi connectivity index (χ2v) is 15.3. The first-order valence-corrected chi connectivity index (χ1v) is 18.5. The Balaban J connectivity index is 1.21. The fourth-order valence-electron chi connectivity index (χ4n) is 6.23. The highest BCUT2D eigenvalue weighted by molar-refractivity contribution is 8.00. The fraction of sp³-hybridized carbons (Fsp3) is 0.184. The van der Waals surface area contributed by atoms with Gasteiger partial charge in [-0.3, -0.25) is 4.98 Å². The first-order valence-electron chi connectivity index (χ1n) is 15.7. The van der Waals surface area contributed by atoms with Gasteiger partial charge in [-0.05, 0) is 60.0 Å². The zero-order valence-corrected chi connectivity index (χ0v) is 28.7. The Morgan fingerprint density at radius 2 is 1.67 bits per heavy atom. The Morgan fingerprint density at radius 3 is 2.42 bits per heavy atom. The molecule has 1 unspecified atom stereocenters. The molecule has 1 aliphatic heterocycles. The Kier molecular flexibility index (Phi) is 9.20. The first-order chi connectivity index (χ1) is 23.2.